The number of aromatic amines is 1. The molecule has 0 aliphatic heterocycles. The highest BCUT2D eigenvalue weighted by atomic mass is 16.2. The first kappa shape index (κ1) is 15.1. The van der Waals surface area contributed by atoms with Crippen LogP contribution in [0.5, 0.6) is 0 Å². The van der Waals surface area contributed by atoms with E-state index >= 15 is 0 Å². The summed E-state index contributed by atoms with van der Waals surface area (Å²) in [6, 6.07) is 6.56. The van der Waals surface area contributed by atoms with Crippen LogP contribution in [0.25, 0.3) is 10.9 Å². The van der Waals surface area contributed by atoms with Crippen LogP contribution < -0.4 is 0 Å². The lowest BCUT2D eigenvalue weighted by Gasteiger charge is -2.20. The molecule has 110 valence electrons. The largest absolute Gasteiger partial charge is 0.396 e. The second kappa shape index (κ2) is 6.91. The van der Waals surface area contributed by atoms with Crippen molar-refractivity contribution in [3.8, 4) is 0 Å². The molecule has 1 aromatic heterocycles. The van der Waals surface area contributed by atoms with Crippen molar-refractivity contribution in [3.05, 3.63) is 35.0 Å². The molecule has 0 unspecified atom stereocenters. The van der Waals surface area contributed by atoms with Gasteiger partial charge < -0.3 is 10.1 Å². The molecule has 2 aromatic rings. The van der Waals surface area contributed by atoms with E-state index in [0.29, 0.717) is 6.61 Å². The average Bonchev–Trinajstić information content (AvgIpc) is 2.75. The van der Waals surface area contributed by atoms with Crippen molar-refractivity contribution in [2.24, 2.45) is 0 Å². The van der Waals surface area contributed by atoms with Crippen LogP contribution in [0, 0.1) is 13.8 Å². The summed E-state index contributed by atoms with van der Waals surface area (Å²) in [5, 5.41) is 10.2. The van der Waals surface area contributed by atoms with E-state index in [9.17, 15) is 0 Å². The Morgan fingerprint density at radius 1 is 1.20 bits per heavy atom. The van der Waals surface area contributed by atoms with Crippen molar-refractivity contribution < 1.29 is 5.11 Å². The van der Waals surface area contributed by atoms with Crippen LogP contribution in [0.2, 0.25) is 0 Å². The Labute approximate surface area is 121 Å². The Balaban J connectivity index is 2.17. The van der Waals surface area contributed by atoms with Gasteiger partial charge in [-0.25, -0.2) is 0 Å². The molecule has 3 heteroatoms. The third-order valence-electron chi connectivity index (χ3n) is 4.15. The lowest BCUT2D eigenvalue weighted by atomic mass is 10.1. The molecular formula is C17H26N2O. The highest BCUT2D eigenvalue weighted by Gasteiger charge is 2.10. The lowest BCUT2D eigenvalue weighted by Crippen LogP contribution is -2.24. The number of hydrogen-bond acceptors (Lipinski definition) is 2. The molecule has 3 nitrogen and oxygen atoms in total. The number of hydrogen-bond donors (Lipinski definition) is 2. The minimum atomic E-state index is 0.294. The molecule has 1 aromatic carbocycles. The Hall–Kier alpha value is -1.32. The molecule has 0 bridgehead atoms. The first-order valence-corrected chi connectivity index (χ1v) is 7.57. The number of aliphatic hydroxyl groups is 1. The molecule has 0 spiro atoms. The van der Waals surface area contributed by atoms with Gasteiger partial charge in [-0.2, -0.15) is 0 Å². The zero-order valence-electron chi connectivity index (χ0n) is 12.9. The monoisotopic (exact) mass is 274 g/mol. The second-order valence-electron chi connectivity index (χ2n) is 5.51. The number of benzene rings is 1. The van der Waals surface area contributed by atoms with Crippen LogP contribution >= 0.6 is 0 Å². The molecule has 0 aliphatic carbocycles. The van der Waals surface area contributed by atoms with Gasteiger partial charge >= 0.3 is 0 Å². The maximum Gasteiger partial charge on any atom is 0.0504 e. The van der Waals surface area contributed by atoms with E-state index in [1.807, 2.05) is 0 Å². The number of nitrogens with zero attached hydrogens (tertiary/aromatic N) is 1. The number of aromatic nitrogens is 1. The first-order valence-electron chi connectivity index (χ1n) is 7.57. The lowest BCUT2D eigenvalue weighted by molar-refractivity contribution is 0.244. The van der Waals surface area contributed by atoms with Gasteiger partial charge in [0.15, 0.2) is 0 Å². The predicted molar refractivity (Wildman–Crippen MR) is 85.0 cm³/mol. The van der Waals surface area contributed by atoms with Crippen LogP contribution in [0.1, 0.15) is 36.6 Å². The maximum absolute atomic E-state index is 8.89. The van der Waals surface area contributed by atoms with Crippen LogP contribution in [-0.4, -0.2) is 34.7 Å². The van der Waals surface area contributed by atoms with E-state index in [4.69, 9.17) is 5.11 Å². The fraction of sp³-hybridized carbons (Fsp3) is 0.529. The standard InChI is InChI=1S/C17H26N2O/c1-4-19(10-5-6-11-20)12-15-8-7-9-16-13(2)14(3)18-17(15)16/h7-9,18,20H,4-6,10-12H2,1-3H3. The van der Waals surface area contributed by atoms with Crippen molar-refractivity contribution in [1.29, 1.82) is 0 Å². The number of aliphatic hydroxyl groups excluding tert-OH is 1. The summed E-state index contributed by atoms with van der Waals surface area (Å²) < 4.78 is 0. The van der Waals surface area contributed by atoms with E-state index < -0.39 is 0 Å². The van der Waals surface area contributed by atoms with Gasteiger partial charge in [0.25, 0.3) is 0 Å². The fourth-order valence-electron chi connectivity index (χ4n) is 2.71. The third kappa shape index (κ3) is 3.22. The number of fused-ring (bicyclic) bond motifs is 1. The van der Waals surface area contributed by atoms with Crippen molar-refractivity contribution in [2.45, 2.75) is 40.2 Å². The Kier molecular flexibility index (Phi) is 5.21. The molecule has 0 radical (unpaired) electrons. The van der Waals surface area contributed by atoms with Gasteiger partial charge in [-0.3, -0.25) is 4.90 Å². The maximum atomic E-state index is 8.89. The molecule has 0 saturated carbocycles. The van der Waals surface area contributed by atoms with Crippen LogP contribution in [0.3, 0.4) is 0 Å². The summed E-state index contributed by atoms with van der Waals surface area (Å²) in [5.74, 6) is 0. The van der Waals surface area contributed by atoms with E-state index in [1.165, 1.54) is 27.7 Å². The summed E-state index contributed by atoms with van der Waals surface area (Å²) >= 11 is 0. The molecule has 0 fully saturated rings. The first-order chi connectivity index (χ1) is 9.67. The van der Waals surface area contributed by atoms with Crippen molar-refractivity contribution in [2.75, 3.05) is 19.7 Å². The molecule has 20 heavy (non-hydrogen) atoms. The minimum Gasteiger partial charge on any atom is -0.396 e. The Morgan fingerprint density at radius 3 is 2.70 bits per heavy atom. The van der Waals surface area contributed by atoms with Crippen molar-refractivity contribution in [1.82, 2.24) is 9.88 Å². The van der Waals surface area contributed by atoms with Crippen molar-refractivity contribution in [3.63, 3.8) is 0 Å². The van der Waals surface area contributed by atoms with Gasteiger partial charge in [-0.15, -0.1) is 0 Å². The van der Waals surface area contributed by atoms with Gasteiger partial charge in [-0.05, 0) is 50.9 Å². The zero-order chi connectivity index (χ0) is 14.5. The summed E-state index contributed by atoms with van der Waals surface area (Å²) in [6.45, 7) is 9.87. The Bertz CT molecular complexity index is 559. The summed E-state index contributed by atoms with van der Waals surface area (Å²) in [6.07, 6.45) is 1.95. The number of nitrogens with one attached hydrogen (secondary N) is 1. The molecule has 1 heterocycles. The smallest absolute Gasteiger partial charge is 0.0504 e. The van der Waals surface area contributed by atoms with Crippen molar-refractivity contribution >= 4 is 10.9 Å². The molecule has 2 rings (SSSR count). The van der Waals surface area contributed by atoms with Gasteiger partial charge in [0.05, 0.1) is 5.52 Å². The minimum absolute atomic E-state index is 0.294. The quantitative estimate of drug-likeness (QED) is 0.760. The van der Waals surface area contributed by atoms with Gasteiger partial charge in [0, 0.05) is 24.2 Å². The number of H-pyrrole nitrogens is 1. The van der Waals surface area contributed by atoms with Gasteiger partial charge in [-0.1, -0.05) is 25.1 Å². The topological polar surface area (TPSA) is 39.3 Å². The average molecular weight is 274 g/mol. The van der Waals surface area contributed by atoms with Crippen LogP contribution in [0.4, 0.5) is 0 Å². The van der Waals surface area contributed by atoms with E-state index in [0.717, 1.165) is 32.5 Å². The summed E-state index contributed by atoms with van der Waals surface area (Å²) in [4.78, 5) is 5.97. The SMILES string of the molecule is CCN(CCCCO)Cc1cccc2c(C)c(C)[nH]c12. The number of aryl methyl sites for hydroxylation is 2. The zero-order valence-corrected chi connectivity index (χ0v) is 12.9. The number of para-hydroxylation sites is 1. The van der Waals surface area contributed by atoms with Crippen LogP contribution in [0.15, 0.2) is 18.2 Å². The Morgan fingerprint density at radius 2 is 2.00 bits per heavy atom. The normalized spacial score (nSPS) is 11.7. The molecule has 0 saturated heterocycles. The van der Waals surface area contributed by atoms with Gasteiger partial charge in [0.1, 0.15) is 0 Å². The summed E-state index contributed by atoms with van der Waals surface area (Å²) in [5.41, 5.74) is 5.26. The predicted octanol–water partition coefficient (Wildman–Crippen LogP) is 3.38. The number of unbranched alkanes of at least 4 members (excludes halogenated alkanes) is 1. The van der Waals surface area contributed by atoms with Gasteiger partial charge in [0.2, 0.25) is 0 Å². The molecule has 0 aliphatic rings. The molecule has 0 amide bonds. The molecule has 2 N–H and O–H groups in total. The highest BCUT2D eigenvalue weighted by Crippen LogP contribution is 2.25. The third-order valence-corrected chi connectivity index (χ3v) is 4.15. The second-order valence-corrected chi connectivity index (χ2v) is 5.51. The fourth-order valence-corrected chi connectivity index (χ4v) is 2.71. The summed E-state index contributed by atoms with van der Waals surface area (Å²) in [7, 11) is 0. The van der Waals surface area contributed by atoms with Crippen LogP contribution in [-0.2, 0) is 6.54 Å². The number of rotatable bonds is 7. The van der Waals surface area contributed by atoms with E-state index in [2.05, 4.69) is 48.9 Å². The molecular weight excluding hydrogens is 248 g/mol. The molecule has 0 atom stereocenters. The van der Waals surface area contributed by atoms with E-state index in [1.54, 1.807) is 0 Å². The van der Waals surface area contributed by atoms with E-state index in [-0.39, 0.29) is 0 Å². The highest BCUT2D eigenvalue weighted by molar-refractivity contribution is 5.87.